The molecule has 0 fully saturated rings. The third-order valence-electron chi connectivity index (χ3n) is 3.67. The van der Waals surface area contributed by atoms with Crippen LogP contribution in [0.15, 0.2) is 62.2 Å². The number of halogens is 1. The molecule has 0 aromatic carbocycles. The van der Waals surface area contributed by atoms with Crippen LogP contribution in [0.25, 0.3) is 0 Å². The van der Waals surface area contributed by atoms with Crippen molar-refractivity contribution in [2.24, 2.45) is 9.98 Å². The molecule has 1 aliphatic heterocycles. The van der Waals surface area contributed by atoms with Gasteiger partial charge in [0.25, 0.3) is 0 Å². The number of nitrogens with zero attached hydrogens (tertiary/aromatic N) is 4. The van der Waals surface area contributed by atoms with E-state index >= 15 is 0 Å². The lowest BCUT2D eigenvalue weighted by molar-refractivity contribution is 0.210. The highest BCUT2D eigenvalue weighted by Crippen LogP contribution is 2.13. The van der Waals surface area contributed by atoms with Crippen molar-refractivity contribution in [1.82, 2.24) is 20.7 Å². The van der Waals surface area contributed by atoms with Gasteiger partial charge in [-0.15, -0.1) is 0 Å². The van der Waals surface area contributed by atoms with Crippen LogP contribution in [-0.4, -0.2) is 47.4 Å². The van der Waals surface area contributed by atoms with Crippen LogP contribution in [0.1, 0.15) is 27.2 Å². The van der Waals surface area contributed by atoms with Crippen molar-refractivity contribution in [3.63, 3.8) is 0 Å². The molecular formula is C19H24FN7O3. The molecule has 1 aromatic heterocycles. The molecule has 0 aliphatic carbocycles. The number of hydrogen-bond acceptors (Lipinski definition) is 6. The van der Waals surface area contributed by atoms with Gasteiger partial charge in [0.05, 0.1) is 12.0 Å². The Morgan fingerprint density at radius 3 is 2.90 bits per heavy atom. The molecule has 0 radical (unpaired) electrons. The van der Waals surface area contributed by atoms with E-state index in [0.29, 0.717) is 17.8 Å². The van der Waals surface area contributed by atoms with E-state index in [2.05, 4.69) is 31.1 Å². The maximum Gasteiger partial charge on any atom is 0.325 e. The number of amides is 4. The largest absolute Gasteiger partial charge is 0.338 e. The van der Waals surface area contributed by atoms with E-state index in [9.17, 15) is 14.0 Å². The molecule has 10 nitrogen and oxygen atoms in total. The number of aliphatic imine (C=N–C) groups is 2. The molecule has 160 valence electrons. The average molecular weight is 417 g/mol. The van der Waals surface area contributed by atoms with Crippen LogP contribution in [0.3, 0.4) is 0 Å². The summed E-state index contributed by atoms with van der Waals surface area (Å²) >= 11 is 0. The fraction of sp³-hybridized carbons (Fsp3) is 0.316. The van der Waals surface area contributed by atoms with Gasteiger partial charge in [0.15, 0.2) is 0 Å². The van der Waals surface area contributed by atoms with Crippen LogP contribution in [-0.2, 0) is 0 Å². The van der Waals surface area contributed by atoms with Gasteiger partial charge < -0.3 is 15.2 Å². The second kappa shape index (κ2) is 11.3. The van der Waals surface area contributed by atoms with Gasteiger partial charge in [-0.2, -0.15) is 0 Å². The van der Waals surface area contributed by atoms with E-state index in [-0.39, 0.29) is 12.4 Å². The summed E-state index contributed by atoms with van der Waals surface area (Å²) in [5, 5.41) is 11.3. The van der Waals surface area contributed by atoms with E-state index in [0.717, 1.165) is 0 Å². The second-order valence-corrected chi connectivity index (χ2v) is 6.29. The number of nitrogens with one attached hydrogen (secondary N) is 3. The first-order chi connectivity index (χ1) is 14.3. The zero-order valence-electron chi connectivity index (χ0n) is 16.9. The summed E-state index contributed by atoms with van der Waals surface area (Å²) < 4.78 is 18.2. The lowest BCUT2D eigenvalue weighted by Gasteiger charge is -2.25. The Morgan fingerprint density at radius 1 is 1.40 bits per heavy atom. The molecule has 0 spiro atoms. The highest BCUT2D eigenvalue weighted by Gasteiger charge is 2.18. The topological polar surface area (TPSA) is 124 Å². The van der Waals surface area contributed by atoms with Crippen LogP contribution < -0.4 is 16.0 Å². The van der Waals surface area contributed by atoms with Crippen LogP contribution in [0, 0.1) is 0 Å². The smallest absolute Gasteiger partial charge is 0.325 e. The van der Waals surface area contributed by atoms with Gasteiger partial charge in [-0.05, 0) is 39.0 Å². The number of allylic oxidation sites excluding steroid dienone is 5. The number of rotatable bonds is 5. The Balaban J connectivity index is 2.23. The van der Waals surface area contributed by atoms with Gasteiger partial charge >= 0.3 is 12.1 Å². The van der Waals surface area contributed by atoms with Crippen molar-refractivity contribution >= 4 is 30.5 Å². The number of urea groups is 2. The maximum atomic E-state index is 13.4. The summed E-state index contributed by atoms with van der Waals surface area (Å²) in [4.78, 5) is 34.3. The van der Waals surface area contributed by atoms with E-state index in [1.807, 2.05) is 0 Å². The molecule has 0 saturated carbocycles. The van der Waals surface area contributed by atoms with Crippen LogP contribution in [0.5, 0.6) is 0 Å². The molecular weight excluding hydrogens is 393 g/mol. The second-order valence-electron chi connectivity index (χ2n) is 6.29. The molecule has 11 heteroatoms. The molecule has 3 N–H and O–H groups in total. The standard InChI is InChI=1S/C19H24FN7O3/c1-13(20)5-6-16(11-14(2)24-18(28)26-17-7-9-23-30-17)27-10-4-8-21-12-22-15(3)25-19(27)29/h5-9,11-12,15H,4,10H2,1-3H3,(H,25,29)(H2,24,26,28)/b13-5+,14-11+,16-6+,21-8?,22-12-. The molecule has 2 rings (SSSR count). The predicted molar refractivity (Wildman–Crippen MR) is 112 cm³/mol. The monoisotopic (exact) mass is 417 g/mol. The van der Waals surface area contributed by atoms with Crippen LogP contribution >= 0.6 is 0 Å². The van der Waals surface area contributed by atoms with E-state index in [4.69, 9.17) is 4.52 Å². The normalized spacial score (nSPS) is 19.9. The lowest BCUT2D eigenvalue weighted by atomic mass is 10.2. The SMILES string of the molecule is C\C(F)=C/C=C(\C=C(/C)NC(=O)Nc1ccno1)N1CCC=N/C=N\C(C)NC1=O. The summed E-state index contributed by atoms with van der Waals surface area (Å²) in [6, 6.07) is 0.513. The molecule has 0 bridgehead atoms. The molecule has 2 heterocycles. The van der Waals surface area contributed by atoms with E-state index in [1.54, 1.807) is 26.1 Å². The van der Waals surface area contributed by atoms with Gasteiger partial charge in [-0.3, -0.25) is 10.2 Å². The average Bonchev–Trinajstić information content (AvgIpc) is 3.17. The lowest BCUT2D eigenvalue weighted by Crippen LogP contribution is -2.43. The van der Waals surface area contributed by atoms with E-state index < -0.39 is 24.1 Å². The number of hydrogen-bond donors (Lipinski definition) is 3. The molecule has 30 heavy (non-hydrogen) atoms. The fourth-order valence-corrected chi connectivity index (χ4v) is 2.37. The summed E-state index contributed by atoms with van der Waals surface area (Å²) in [7, 11) is 0. The first-order valence-corrected chi connectivity index (χ1v) is 9.17. The molecule has 1 atom stereocenters. The highest BCUT2D eigenvalue weighted by molar-refractivity contribution is 5.89. The minimum atomic E-state index is -0.558. The molecule has 1 aliphatic rings. The molecule has 0 saturated heterocycles. The number of carbonyl (C=O) groups is 2. The third-order valence-corrected chi connectivity index (χ3v) is 3.67. The Bertz CT molecular complexity index is 884. The van der Waals surface area contributed by atoms with Crippen molar-refractivity contribution in [2.45, 2.75) is 33.4 Å². The van der Waals surface area contributed by atoms with Crippen molar-refractivity contribution < 1.29 is 18.5 Å². The summed E-state index contributed by atoms with van der Waals surface area (Å²) in [5.41, 5.74) is 0.778. The number of anilines is 1. The minimum absolute atomic E-state index is 0.177. The third kappa shape index (κ3) is 7.70. The first kappa shape index (κ1) is 22.5. The summed E-state index contributed by atoms with van der Waals surface area (Å²) in [6.45, 7) is 4.91. The van der Waals surface area contributed by atoms with Crippen molar-refractivity contribution in [3.05, 3.63) is 47.7 Å². The fourth-order valence-electron chi connectivity index (χ4n) is 2.37. The van der Waals surface area contributed by atoms with Gasteiger partial charge in [0, 0.05) is 36.6 Å². The van der Waals surface area contributed by atoms with Crippen LogP contribution in [0.4, 0.5) is 19.9 Å². The van der Waals surface area contributed by atoms with Crippen molar-refractivity contribution in [3.8, 4) is 0 Å². The Kier molecular flexibility index (Phi) is 8.48. The van der Waals surface area contributed by atoms with Gasteiger partial charge in [0.2, 0.25) is 5.88 Å². The summed E-state index contributed by atoms with van der Waals surface area (Å²) in [6.07, 6.45) is 8.60. The van der Waals surface area contributed by atoms with Gasteiger partial charge in [-0.25, -0.2) is 24.0 Å². The minimum Gasteiger partial charge on any atom is -0.338 e. The van der Waals surface area contributed by atoms with Crippen molar-refractivity contribution in [2.75, 3.05) is 11.9 Å². The number of aromatic nitrogens is 1. The Hall–Kier alpha value is -3.76. The van der Waals surface area contributed by atoms with Crippen LogP contribution in [0.2, 0.25) is 0 Å². The predicted octanol–water partition coefficient (Wildman–Crippen LogP) is 3.32. The quantitative estimate of drug-likeness (QED) is 0.636. The first-order valence-electron chi connectivity index (χ1n) is 9.17. The number of carbonyl (C=O) groups excluding carboxylic acids is 2. The zero-order valence-corrected chi connectivity index (χ0v) is 16.9. The Morgan fingerprint density at radius 2 is 2.20 bits per heavy atom. The zero-order chi connectivity index (χ0) is 21.9. The molecule has 1 aromatic rings. The maximum absolute atomic E-state index is 13.4. The van der Waals surface area contributed by atoms with Gasteiger partial charge in [0.1, 0.15) is 12.5 Å². The Labute approximate surface area is 173 Å². The van der Waals surface area contributed by atoms with E-state index in [1.165, 1.54) is 42.6 Å². The highest BCUT2D eigenvalue weighted by atomic mass is 19.1. The molecule has 1 unspecified atom stereocenters. The molecule has 4 amide bonds. The summed E-state index contributed by atoms with van der Waals surface area (Å²) in [5.74, 6) is -0.257. The van der Waals surface area contributed by atoms with Gasteiger partial charge in [-0.1, -0.05) is 5.16 Å². The van der Waals surface area contributed by atoms with Crippen molar-refractivity contribution in [1.29, 1.82) is 0 Å².